The zero-order chi connectivity index (χ0) is 17.7. The summed E-state index contributed by atoms with van der Waals surface area (Å²) in [5, 5.41) is -4.61. The van der Waals surface area contributed by atoms with Crippen LogP contribution in [0.5, 0.6) is 0 Å². The second kappa shape index (κ2) is 7.51. The molecule has 0 saturated carbocycles. The quantitative estimate of drug-likeness (QED) is 0.422. The molecule has 0 amide bonds. The van der Waals surface area contributed by atoms with Gasteiger partial charge in [0.15, 0.2) is 6.61 Å². The van der Waals surface area contributed by atoms with Crippen molar-refractivity contribution in [3.05, 3.63) is 29.8 Å². The van der Waals surface area contributed by atoms with Gasteiger partial charge >= 0.3 is 27.3 Å². The highest BCUT2D eigenvalue weighted by molar-refractivity contribution is 7.86. The van der Waals surface area contributed by atoms with E-state index in [1.54, 1.807) is 6.07 Å². The van der Waals surface area contributed by atoms with Crippen LogP contribution >= 0.6 is 0 Å². The Labute approximate surface area is 131 Å². The summed E-state index contributed by atoms with van der Waals surface area (Å²) in [6, 6.07) is 5.82. The molecule has 2 radical (unpaired) electrons. The number of hydrogen-bond donors (Lipinski definition) is 1. The van der Waals surface area contributed by atoms with Gasteiger partial charge in [-0.15, -0.1) is 0 Å². The monoisotopic (exact) mass is 348 g/mol. The largest absolute Gasteiger partial charge is 0.461 e. The molecule has 0 fully saturated rings. The number of carbonyl (C=O) groups excluding carboxylic acids is 2. The van der Waals surface area contributed by atoms with Gasteiger partial charge in [-0.1, -0.05) is 23.7 Å². The van der Waals surface area contributed by atoms with Gasteiger partial charge in [-0.3, -0.25) is 9.35 Å². The standard InChI is InChI=1S/C12H11BF2O7S/c13-9-3-1-2-8(6-9)11(17)21-5-4-10(16)22-7-12(14,15)23(18,19)20/h1-3,6H,4-5,7H2,(H,18,19,20). The molecule has 0 heterocycles. The number of halogens is 2. The minimum atomic E-state index is -5.68. The maximum atomic E-state index is 12.8. The number of ether oxygens (including phenoxy) is 2. The summed E-state index contributed by atoms with van der Waals surface area (Å²) in [5.41, 5.74) is 0.461. The lowest BCUT2D eigenvalue weighted by atomic mass is 9.94. The molecule has 0 aromatic heterocycles. The molecule has 0 spiro atoms. The first kappa shape index (κ1) is 19.0. The van der Waals surface area contributed by atoms with Crippen LogP contribution in [0.25, 0.3) is 0 Å². The molecule has 1 N–H and O–H groups in total. The van der Waals surface area contributed by atoms with Crippen molar-refractivity contribution in [3.63, 3.8) is 0 Å². The Balaban J connectivity index is 2.39. The van der Waals surface area contributed by atoms with Crippen molar-refractivity contribution in [2.75, 3.05) is 13.2 Å². The SMILES string of the molecule is [B]c1cccc(C(=O)OCCC(=O)OCC(F)(F)S(=O)(=O)O)c1. The number of rotatable bonds is 7. The normalized spacial score (nSPS) is 11.8. The lowest BCUT2D eigenvalue weighted by Crippen LogP contribution is -2.34. The zero-order valence-electron chi connectivity index (χ0n) is 11.6. The van der Waals surface area contributed by atoms with E-state index in [4.69, 9.17) is 17.1 Å². The smallest absolute Gasteiger partial charge is 0.402 e. The van der Waals surface area contributed by atoms with E-state index in [1.165, 1.54) is 18.2 Å². The van der Waals surface area contributed by atoms with E-state index in [9.17, 15) is 26.8 Å². The van der Waals surface area contributed by atoms with Crippen molar-refractivity contribution in [1.82, 2.24) is 0 Å². The van der Waals surface area contributed by atoms with E-state index in [0.717, 1.165) is 0 Å². The minimum Gasteiger partial charge on any atom is -0.461 e. The molecule has 0 atom stereocenters. The fourth-order valence-electron chi connectivity index (χ4n) is 1.29. The highest BCUT2D eigenvalue weighted by Crippen LogP contribution is 2.20. The molecular formula is C12H11BF2O7S. The predicted molar refractivity (Wildman–Crippen MR) is 74.2 cm³/mol. The molecule has 7 nitrogen and oxygen atoms in total. The van der Waals surface area contributed by atoms with Crippen LogP contribution < -0.4 is 5.46 Å². The highest BCUT2D eigenvalue weighted by atomic mass is 32.2. The van der Waals surface area contributed by atoms with E-state index < -0.39 is 46.9 Å². The molecule has 124 valence electrons. The average molecular weight is 348 g/mol. The Bertz CT molecular complexity index is 690. The molecule has 0 unspecified atom stereocenters. The minimum absolute atomic E-state index is 0.135. The maximum absolute atomic E-state index is 12.8. The molecule has 0 aliphatic carbocycles. The van der Waals surface area contributed by atoms with Crippen molar-refractivity contribution in [2.24, 2.45) is 0 Å². The van der Waals surface area contributed by atoms with E-state index in [0.29, 0.717) is 5.46 Å². The summed E-state index contributed by atoms with van der Waals surface area (Å²) in [6.45, 7) is -2.31. The van der Waals surface area contributed by atoms with Crippen LogP contribution in [0.1, 0.15) is 16.8 Å². The van der Waals surface area contributed by atoms with Crippen molar-refractivity contribution in [2.45, 2.75) is 11.7 Å². The van der Waals surface area contributed by atoms with Gasteiger partial charge in [0, 0.05) is 0 Å². The third kappa shape index (κ3) is 5.95. The summed E-state index contributed by atoms with van der Waals surface area (Å²) in [7, 11) is -0.214. The first-order valence-electron chi connectivity index (χ1n) is 6.06. The van der Waals surface area contributed by atoms with Crippen LogP contribution in [0.4, 0.5) is 8.78 Å². The maximum Gasteiger partial charge on any atom is 0.402 e. The first-order chi connectivity index (χ1) is 10.5. The summed E-state index contributed by atoms with van der Waals surface area (Å²) in [4.78, 5) is 22.7. The Morgan fingerprint density at radius 2 is 1.91 bits per heavy atom. The van der Waals surface area contributed by atoms with E-state index in [2.05, 4.69) is 4.74 Å². The van der Waals surface area contributed by atoms with Gasteiger partial charge in [0.05, 0.1) is 12.0 Å². The van der Waals surface area contributed by atoms with Gasteiger partial charge in [-0.2, -0.15) is 17.2 Å². The first-order valence-corrected chi connectivity index (χ1v) is 7.50. The van der Waals surface area contributed by atoms with Crippen LogP contribution in [-0.4, -0.2) is 51.2 Å². The van der Waals surface area contributed by atoms with Crippen LogP contribution in [0, 0.1) is 0 Å². The molecule has 11 heteroatoms. The third-order valence-electron chi connectivity index (χ3n) is 2.44. The second-order valence-corrected chi connectivity index (χ2v) is 5.83. The highest BCUT2D eigenvalue weighted by Gasteiger charge is 2.45. The number of benzene rings is 1. The van der Waals surface area contributed by atoms with E-state index >= 15 is 0 Å². The van der Waals surface area contributed by atoms with Crippen molar-refractivity contribution in [3.8, 4) is 0 Å². The lowest BCUT2D eigenvalue weighted by Gasteiger charge is -2.13. The molecule has 0 aliphatic rings. The van der Waals surface area contributed by atoms with Gasteiger partial charge in [0.25, 0.3) is 0 Å². The summed E-state index contributed by atoms with van der Waals surface area (Å²) < 4.78 is 63.1. The summed E-state index contributed by atoms with van der Waals surface area (Å²) in [5.74, 6) is -2.01. The van der Waals surface area contributed by atoms with Crippen molar-refractivity contribution >= 4 is 35.4 Å². The fraction of sp³-hybridized carbons (Fsp3) is 0.333. The molecule has 23 heavy (non-hydrogen) atoms. The molecule has 0 aliphatic heterocycles. The van der Waals surface area contributed by atoms with E-state index in [1.807, 2.05) is 0 Å². The van der Waals surface area contributed by atoms with Gasteiger partial charge in [0.2, 0.25) is 0 Å². The number of hydrogen-bond acceptors (Lipinski definition) is 6. The second-order valence-electron chi connectivity index (χ2n) is 4.28. The average Bonchev–Trinajstić information content (AvgIpc) is 2.44. The summed E-state index contributed by atoms with van der Waals surface area (Å²) in [6.07, 6.45) is -0.574. The Morgan fingerprint density at radius 3 is 2.48 bits per heavy atom. The number of alkyl halides is 2. The third-order valence-corrected chi connectivity index (χ3v) is 3.31. The number of esters is 2. The van der Waals surface area contributed by atoms with Crippen LogP contribution in [-0.2, 0) is 24.4 Å². The fourth-order valence-corrected chi connectivity index (χ4v) is 1.50. The van der Waals surface area contributed by atoms with E-state index in [-0.39, 0.29) is 5.56 Å². The number of carbonyl (C=O) groups is 2. The van der Waals surface area contributed by atoms with Crippen LogP contribution in [0.3, 0.4) is 0 Å². The van der Waals surface area contributed by atoms with Gasteiger partial charge in [0.1, 0.15) is 14.5 Å². The molecular weight excluding hydrogens is 337 g/mol. The van der Waals surface area contributed by atoms with Gasteiger partial charge in [-0.25, -0.2) is 4.79 Å². The van der Waals surface area contributed by atoms with Crippen LogP contribution in [0.15, 0.2) is 24.3 Å². The molecule has 1 aromatic carbocycles. The Morgan fingerprint density at radius 1 is 1.26 bits per heavy atom. The topological polar surface area (TPSA) is 107 Å². The van der Waals surface area contributed by atoms with Crippen LogP contribution in [0.2, 0.25) is 0 Å². The summed E-state index contributed by atoms with van der Waals surface area (Å²) >= 11 is 0. The lowest BCUT2D eigenvalue weighted by molar-refractivity contribution is -0.150. The predicted octanol–water partition coefficient (Wildman–Crippen LogP) is 0.0511. The zero-order valence-corrected chi connectivity index (χ0v) is 12.4. The molecule has 1 aromatic rings. The van der Waals surface area contributed by atoms with Crippen molar-refractivity contribution in [1.29, 1.82) is 0 Å². The Hall–Kier alpha value is -2.01. The molecule has 0 bridgehead atoms. The Kier molecular flexibility index (Phi) is 6.22. The molecule has 0 saturated heterocycles. The molecule has 1 rings (SSSR count). The van der Waals surface area contributed by atoms with Gasteiger partial charge < -0.3 is 9.47 Å². The van der Waals surface area contributed by atoms with Gasteiger partial charge in [-0.05, 0) is 6.07 Å². The van der Waals surface area contributed by atoms with Crippen molar-refractivity contribution < 1.29 is 40.8 Å².